The van der Waals surface area contributed by atoms with E-state index in [1.54, 1.807) is 6.33 Å². The number of nitrogens with zero attached hydrogens (tertiary/aromatic N) is 4. The molecule has 2 aromatic rings. The van der Waals surface area contributed by atoms with E-state index in [-0.39, 0.29) is 6.04 Å². The van der Waals surface area contributed by atoms with Crippen molar-refractivity contribution in [1.82, 2.24) is 9.97 Å². The monoisotopic (exact) mass is 312 g/mol. The Bertz CT molecular complexity index is 635. The molecule has 1 aliphatic rings. The molecule has 0 radical (unpaired) electrons. The van der Waals surface area contributed by atoms with Gasteiger partial charge in [0.05, 0.1) is 0 Å². The summed E-state index contributed by atoms with van der Waals surface area (Å²) >= 11 is 0. The fourth-order valence-electron chi connectivity index (χ4n) is 2.84. The largest absolute Gasteiger partial charge is 0.393 e. The zero-order chi connectivity index (χ0) is 16.2. The van der Waals surface area contributed by atoms with Crippen molar-refractivity contribution in [2.24, 2.45) is 0 Å². The first-order valence-electron chi connectivity index (χ1n) is 8.07. The molecule has 0 unspecified atom stereocenters. The Morgan fingerprint density at radius 2 is 1.65 bits per heavy atom. The van der Waals surface area contributed by atoms with Crippen molar-refractivity contribution in [2.75, 3.05) is 47.0 Å². The molecule has 0 aliphatic carbocycles. The third-order valence-electron chi connectivity index (χ3n) is 3.99. The molecule has 1 saturated heterocycles. The van der Waals surface area contributed by atoms with E-state index in [2.05, 4.69) is 63.2 Å². The minimum absolute atomic E-state index is 0.287. The second-order valence-corrected chi connectivity index (χ2v) is 6.07. The number of hydrogen-bond acceptors (Lipinski definition) is 6. The van der Waals surface area contributed by atoms with E-state index in [0.29, 0.717) is 5.69 Å². The standard InChI is InChI=1S/C17H24N6/c1-13(2)21-16-15(18)17(20-12-19-16)23-10-8-22(9-11-23)14-6-4-3-5-7-14/h3-7,12-13H,8-11,18H2,1-2H3,(H,19,20,21). The minimum Gasteiger partial charge on any atom is -0.393 e. The molecular formula is C17H24N6. The van der Waals surface area contributed by atoms with Gasteiger partial charge in [-0.15, -0.1) is 0 Å². The maximum Gasteiger partial charge on any atom is 0.157 e. The molecule has 23 heavy (non-hydrogen) atoms. The summed E-state index contributed by atoms with van der Waals surface area (Å²) in [5, 5.41) is 3.27. The predicted octanol–water partition coefficient (Wildman–Crippen LogP) is 2.21. The molecule has 6 heteroatoms. The Kier molecular flexibility index (Phi) is 4.50. The number of nitrogens with two attached hydrogens (primary N) is 1. The van der Waals surface area contributed by atoms with E-state index >= 15 is 0 Å². The van der Waals surface area contributed by atoms with Crippen LogP contribution in [0, 0.1) is 0 Å². The van der Waals surface area contributed by atoms with E-state index in [1.165, 1.54) is 5.69 Å². The highest BCUT2D eigenvalue weighted by atomic mass is 15.3. The number of para-hydroxylation sites is 1. The van der Waals surface area contributed by atoms with Crippen molar-refractivity contribution < 1.29 is 0 Å². The van der Waals surface area contributed by atoms with Crippen LogP contribution >= 0.6 is 0 Å². The van der Waals surface area contributed by atoms with Crippen LogP contribution in [0.5, 0.6) is 0 Å². The lowest BCUT2D eigenvalue weighted by Gasteiger charge is -2.37. The Hall–Kier alpha value is -2.50. The Morgan fingerprint density at radius 3 is 2.30 bits per heavy atom. The second kappa shape index (κ2) is 6.73. The van der Waals surface area contributed by atoms with Crippen LogP contribution < -0.4 is 20.9 Å². The number of benzene rings is 1. The summed E-state index contributed by atoms with van der Waals surface area (Å²) in [6, 6.07) is 10.8. The molecule has 0 spiro atoms. The van der Waals surface area contributed by atoms with E-state index in [4.69, 9.17) is 5.73 Å². The van der Waals surface area contributed by atoms with Crippen LogP contribution in [-0.4, -0.2) is 42.2 Å². The van der Waals surface area contributed by atoms with Gasteiger partial charge < -0.3 is 20.9 Å². The summed E-state index contributed by atoms with van der Waals surface area (Å²) in [5.41, 5.74) is 8.17. The SMILES string of the molecule is CC(C)Nc1ncnc(N2CCN(c3ccccc3)CC2)c1N. The van der Waals surface area contributed by atoms with Crippen LogP contribution in [-0.2, 0) is 0 Å². The fraction of sp³-hybridized carbons (Fsp3) is 0.412. The van der Waals surface area contributed by atoms with Gasteiger partial charge >= 0.3 is 0 Å². The average Bonchev–Trinajstić information content (AvgIpc) is 2.57. The van der Waals surface area contributed by atoms with E-state index in [0.717, 1.165) is 37.8 Å². The summed E-state index contributed by atoms with van der Waals surface area (Å²) < 4.78 is 0. The molecule has 6 nitrogen and oxygen atoms in total. The molecular weight excluding hydrogens is 288 g/mol. The summed E-state index contributed by atoms with van der Waals surface area (Å²) in [6.45, 7) is 7.86. The van der Waals surface area contributed by atoms with Crippen molar-refractivity contribution >= 4 is 23.0 Å². The molecule has 1 fully saturated rings. The van der Waals surface area contributed by atoms with Crippen LogP contribution in [0.4, 0.5) is 23.0 Å². The first kappa shape index (κ1) is 15.4. The molecule has 122 valence electrons. The van der Waals surface area contributed by atoms with Crippen LogP contribution in [0.15, 0.2) is 36.7 Å². The number of aromatic nitrogens is 2. The van der Waals surface area contributed by atoms with Gasteiger partial charge in [0.1, 0.15) is 12.0 Å². The van der Waals surface area contributed by atoms with Gasteiger partial charge in [0, 0.05) is 37.9 Å². The first-order chi connectivity index (χ1) is 11.1. The highest BCUT2D eigenvalue weighted by Gasteiger charge is 2.21. The molecule has 0 amide bonds. The van der Waals surface area contributed by atoms with Gasteiger partial charge in [-0.2, -0.15) is 0 Å². The van der Waals surface area contributed by atoms with Gasteiger partial charge in [0.2, 0.25) is 0 Å². The van der Waals surface area contributed by atoms with Crippen molar-refractivity contribution in [2.45, 2.75) is 19.9 Å². The number of rotatable bonds is 4. The van der Waals surface area contributed by atoms with Crippen molar-refractivity contribution in [3.8, 4) is 0 Å². The van der Waals surface area contributed by atoms with Crippen molar-refractivity contribution in [1.29, 1.82) is 0 Å². The van der Waals surface area contributed by atoms with Crippen molar-refractivity contribution in [3.63, 3.8) is 0 Å². The summed E-state index contributed by atoms with van der Waals surface area (Å²) in [5.74, 6) is 1.55. The summed E-state index contributed by atoms with van der Waals surface area (Å²) in [4.78, 5) is 13.3. The molecule has 1 aromatic carbocycles. The number of piperazine rings is 1. The average molecular weight is 312 g/mol. The van der Waals surface area contributed by atoms with Crippen molar-refractivity contribution in [3.05, 3.63) is 36.7 Å². The van der Waals surface area contributed by atoms with Gasteiger partial charge in [-0.25, -0.2) is 9.97 Å². The van der Waals surface area contributed by atoms with Crippen LogP contribution in [0.3, 0.4) is 0 Å². The van der Waals surface area contributed by atoms with Gasteiger partial charge in [0.25, 0.3) is 0 Å². The Labute approximate surface area is 137 Å². The summed E-state index contributed by atoms with van der Waals surface area (Å²) in [6.07, 6.45) is 1.58. The maximum absolute atomic E-state index is 6.27. The number of nitrogens with one attached hydrogen (secondary N) is 1. The highest BCUT2D eigenvalue weighted by Crippen LogP contribution is 2.28. The molecule has 0 saturated carbocycles. The molecule has 3 N–H and O–H groups in total. The Morgan fingerprint density at radius 1 is 1.00 bits per heavy atom. The lowest BCUT2D eigenvalue weighted by molar-refractivity contribution is 0.647. The number of anilines is 4. The van der Waals surface area contributed by atoms with Gasteiger partial charge in [-0.1, -0.05) is 18.2 Å². The predicted molar refractivity (Wildman–Crippen MR) is 96.1 cm³/mol. The first-order valence-corrected chi connectivity index (χ1v) is 8.07. The normalized spacial score (nSPS) is 15.1. The van der Waals surface area contributed by atoms with E-state index in [1.807, 2.05) is 6.07 Å². The van der Waals surface area contributed by atoms with Gasteiger partial charge in [-0.05, 0) is 26.0 Å². The zero-order valence-electron chi connectivity index (χ0n) is 13.7. The smallest absolute Gasteiger partial charge is 0.157 e. The lowest BCUT2D eigenvalue weighted by Crippen LogP contribution is -2.47. The molecule has 2 heterocycles. The van der Waals surface area contributed by atoms with Crippen LogP contribution in [0.2, 0.25) is 0 Å². The molecule has 1 aromatic heterocycles. The lowest BCUT2D eigenvalue weighted by atomic mass is 10.2. The quantitative estimate of drug-likeness (QED) is 0.902. The highest BCUT2D eigenvalue weighted by molar-refractivity contribution is 5.75. The van der Waals surface area contributed by atoms with E-state index in [9.17, 15) is 0 Å². The molecule has 1 aliphatic heterocycles. The zero-order valence-corrected chi connectivity index (χ0v) is 13.7. The third kappa shape index (κ3) is 3.47. The fourth-order valence-corrected chi connectivity index (χ4v) is 2.84. The molecule has 0 bridgehead atoms. The topological polar surface area (TPSA) is 70.3 Å². The molecule has 0 atom stereocenters. The summed E-state index contributed by atoms with van der Waals surface area (Å²) in [7, 11) is 0. The van der Waals surface area contributed by atoms with Crippen LogP contribution in [0.1, 0.15) is 13.8 Å². The Balaban J connectivity index is 1.70. The minimum atomic E-state index is 0.287. The third-order valence-corrected chi connectivity index (χ3v) is 3.99. The van der Waals surface area contributed by atoms with E-state index < -0.39 is 0 Å². The van der Waals surface area contributed by atoms with Gasteiger partial charge in [-0.3, -0.25) is 0 Å². The molecule has 3 rings (SSSR count). The number of hydrogen-bond donors (Lipinski definition) is 2. The number of nitrogen functional groups attached to an aromatic ring is 1. The second-order valence-electron chi connectivity index (χ2n) is 6.07. The van der Waals surface area contributed by atoms with Crippen LogP contribution in [0.25, 0.3) is 0 Å². The van der Waals surface area contributed by atoms with Gasteiger partial charge in [0.15, 0.2) is 11.6 Å². The maximum atomic E-state index is 6.27.